The average molecular weight is 356 g/mol. The lowest BCUT2D eigenvalue weighted by Crippen LogP contribution is -2.40. The molecular formula is C18H20N4O2S. The Kier molecular flexibility index (Phi) is 5.55. The van der Waals surface area contributed by atoms with Crippen molar-refractivity contribution >= 4 is 35.1 Å². The normalized spacial score (nSPS) is 13.2. The number of thioether (sulfide) groups is 1. The lowest BCUT2D eigenvalue weighted by atomic mass is 10.1. The first-order valence-electron chi connectivity index (χ1n) is 8.04. The average Bonchev–Trinajstić information content (AvgIpc) is 2.64. The van der Waals surface area contributed by atoms with Crippen LogP contribution in [0.2, 0.25) is 0 Å². The fraction of sp³-hybridized carbons (Fsp3) is 0.278. The van der Waals surface area contributed by atoms with Crippen LogP contribution in [0.5, 0.6) is 0 Å². The van der Waals surface area contributed by atoms with Crippen LogP contribution in [-0.2, 0) is 11.3 Å². The summed E-state index contributed by atoms with van der Waals surface area (Å²) in [4.78, 5) is 30.7. The molecule has 7 heteroatoms. The number of anilines is 2. The van der Waals surface area contributed by atoms with E-state index in [9.17, 15) is 9.59 Å². The fourth-order valence-corrected chi connectivity index (χ4v) is 2.92. The zero-order chi connectivity index (χ0) is 17.6. The second-order valence-corrected chi connectivity index (χ2v) is 6.65. The van der Waals surface area contributed by atoms with Crippen molar-refractivity contribution in [2.75, 3.05) is 35.3 Å². The number of hydrogen-bond acceptors (Lipinski definition) is 5. The van der Waals surface area contributed by atoms with Gasteiger partial charge in [-0.3, -0.25) is 9.59 Å². The van der Waals surface area contributed by atoms with E-state index in [1.165, 1.54) is 6.20 Å². The molecule has 0 aliphatic carbocycles. The lowest BCUT2D eigenvalue weighted by Gasteiger charge is -2.29. The van der Waals surface area contributed by atoms with E-state index in [1.807, 2.05) is 36.6 Å². The molecule has 0 saturated heterocycles. The fourth-order valence-electron chi connectivity index (χ4n) is 2.62. The number of nitrogens with zero attached hydrogens (tertiary/aromatic N) is 2. The summed E-state index contributed by atoms with van der Waals surface area (Å²) in [5.74, 6) is 1.25. The molecule has 0 spiro atoms. The summed E-state index contributed by atoms with van der Waals surface area (Å²) < 4.78 is 0. The van der Waals surface area contributed by atoms with Crippen LogP contribution in [0.15, 0.2) is 42.6 Å². The zero-order valence-corrected chi connectivity index (χ0v) is 14.8. The highest BCUT2D eigenvalue weighted by atomic mass is 32.2. The third-order valence-electron chi connectivity index (χ3n) is 3.90. The van der Waals surface area contributed by atoms with Gasteiger partial charge in [-0.2, -0.15) is 11.8 Å². The summed E-state index contributed by atoms with van der Waals surface area (Å²) in [6.45, 7) is 1.25. The smallest absolute Gasteiger partial charge is 0.252 e. The number of benzene rings is 1. The predicted molar refractivity (Wildman–Crippen MR) is 101 cm³/mol. The van der Waals surface area contributed by atoms with Gasteiger partial charge in [0.15, 0.2) is 5.82 Å². The van der Waals surface area contributed by atoms with Crippen LogP contribution in [0.1, 0.15) is 15.9 Å². The third-order valence-corrected chi connectivity index (χ3v) is 4.52. The third kappa shape index (κ3) is 4.11. The van der Waals surface area contributed by atoms with Crippen molar-refractivity contribution in [1.82, 2.24) is 10.3 Å². The molecule has 0 bridgehead atoms. The molecule has 6 nitrogen and oxygen atoms in total. The first kappa shape index (κ1) is 17.3. The quantitative estimate of drug-likeness (QED) is 0.776. The Morgan fingerprint density at radius 1 is 1.36 bits per heavy atom. The summed E-state index contributed by atoms with van der Waals surface area (Å²) in [5, 5.41) is 5.87. The van der Waals surface area contributed by atoms with Gasteiger partial charge in [0.25, 0.3) is 5.91 Å². The molecule has 2 amide bonds. The van der Waals surface area contributed by atoms with E-state index < -0.39 is 0 Å². The highest BCUT2D eigenvalue weighted by Crippen LogP contribution is 2.29. The minimum Gasteiger partial charge on any atom is -0.359 e. The highest BCUT2D eigenvalue weighted by molar-refractivity contribution is 7.98. The molecule has 2 N–H and O–H groups in total. The molecule has 1 aromatic heterocycles. The van der Waals surface area contributed by atoms with Gasteiger partial charge in [0.2, 0.25) is 5.91 Å². The van der Waals surface area contributed by atoms with E-state index >= 15 is 0 Å². The summed E-state index contributed by atoms with van der Waals surface area (Å²) in [6.07, 6.45) is 3.53. The van der Waals surface area contributed by atoms with E-state index in [0.717, 1.165) is 11.3 Å². The van der Waals surface area contributed by atoms with Gasteiger partial charge >= 0.3 is 0 Å². The molecule has 0 fully saturated rings. The number of carbonyl (C=O) groups excluding carboxylic acids is 2. The standard InChI is InChI=1S/C18H20N4O2S/c1-25-8-7-19-18(24)14-9-15-17(20-10-14)21-11-16(23)22(15)12-13-5-3-2-4-6-13/h2-6,9-10H,7-8,11-12H2,1H3,(H,19,24)(H,20,21). The zero-order valence-electron chi connectivity index (χ0n) is 14.0. The number of hydrogen-bond donors (Lipinski definition) is 2. The topological polar surface area (TPSA) is 74.3 Å². The van der Waals surface area contributed by atoms with Crippen molar-refractivity contribution in [1.29, 1.82) is 0 Å². The largest absolute Gasteiger partial charge is 0.359 e. The SMILES string of the molecule is CSCCNC(=O)c1cnc2c(c1)N(Cc1ccccc1)C(=O)CN2. The van der Waals surface area contributed by atoms with Gasteiger partial charge in [-0.15, -0.1) is 0 Å². The van der Waals surface area contributed by atoms with Gasteiger partial charge in [0.05, 0.1) is 24.3 Å². The van der Waals surface area contributed by atoms with E-state index in [4.69, 9.17) is 0 Å². The van der Waals surface area contributed by atoms with E-state index in [2.05, 4.69) is 15.6 Å². The Balaban J connectivity index is 1.84. The van der Waals surface area contributed by atoms with Crippen LogP contribution in [0, 0.1) is 0 Å². The van der Waals surface area contributed by atoms with Crippen LogP contribution in [0.4, 0.5) is 11.5 Å². The van der Waals surface area contributed by atoms with Crippen LogP contribution in [-0.4, -0.2) is 41.9 Å². The van der Waals surface area contributed by atoms with Crippen molar-refractivity contribution in [3.05, 3.63) is 53.7 Å². The number of nitrogens with one attached hydrogen (secondary N) is 2. The van der Waals surface area contributed by atoms with Crippen molar-refractivity contribution < 1.29 is 9.59 Å². The molecule has 3 rings (SSSR count). The van der Waals surface area contributed by atoms with Gasteiger partial charge in [0, 0.05) is 18.5 Å². The number of carbonyl (C=O) groups is 2. The van der Waals surface area contributed by atoms with Crippen LogP contribution >= 0.6 is 11.8 Å². The molecule has 0 saturated carbocycles. The minimum absolute atomic E-state index is 0.0434. The molecular weight excluding hydrogens is 336 g/mol. The summed E-state index contributed by atoms with van der Waals surface area (Å²) in [6, 6.07) is 11.5. The number of fused-ring (bicyclic) bond motifs is 1. The Hall–Kier alpha value is -2.54. The number of aromatic nitrogens is 1. The van der Waals surface area contributed by atoms with Gasteiger partial charge in [0.1, 0.15) is 0 Å². The molecule has 25 heavy (non-hydrogen) atoms. The number of rotatable bonds is 6. The Morgan fingerprint density at radius 2 is 2.16 bits per heavy atom. The Bertz CT molecular complexity index is 767. The molecule has 1 aromatic carbocycles. The lowest BCUT2D eigenvalue weighted by molar-refractivity contribution is -0.117. The van der Waals surface area contributed by atoms with Crippen LogP contribution in [0.3, 0.4) is 0 Å². The first-order chi connectivity index (χ1) is 12.2. The van der Waals surface area contributed by atoms with Gasteiger partial charge in [-0.25, -0.2) is 4.98 Å². The van der Waals surface area contributed by atoms with Crippen LogP contribution < -0.4 is 15.5 Å². The van der Waals surface area contributed by atoms with E-state index in [1.54, 1.807) is 22.7 Å². The molecule has 1 aliphatic rings. The Morgan fingerprint density at radius 3 is 2.92 bits per heavy atom. The summed E-state index contributed by atoms with van der Waals surface area (Å²) in [5.41, 5.74) is 2.12. The molecule has 0 radical (unpaired) electrons. The van der Waals surface area contributed by atoms with Crippen molar-refractivity contribution in [2.24, 2.45) is 0 Å². The number of pyridine rings is 1. The maximum atomic E-state index is 12.4. The molecule has 2 aromatic rings. The van der Waals surface area contributed by atoms with Gasteiger partial charge < -0.3 is 15.5 Å². The highest BCUT2D eigenvalue weighted by Gasteiger charge is 2.26. The van der Waals surface area contributed by atoms with Crippen molar-refractivity contribution in [3.63, 3.8) is 0 Å². The predicted octanol–water partition coefficient (Wildman–Crippen LogP) is 2.13. The maximum absolute atomic E-state index is 12.4. The minimum atomic E-state index is -0.179. The molecule has 0 unspecified atom stereocenters. The second kappa shape index (κ2) is 8.02. The molecule has 1 aliphatic heterocycles. The van der Waals surface area contributed by atoms with Gasteiger partial charge in [-0.1, -0.05) is 30.3 Å². The second-order valence-electron chi connectivity index (χ2n) is 5.66. The monoisotopic (exact) mass is 356 g/mol. The van der Waals surface area contributed by atoms with E-state index in [-0.39, 0.29) is 18.4 Å². The molecule has 2 heterocycles. The maximum Gasteiger partial charge on any atom is 0.252 e. The van der Waals surface area contributed by atoms with E-state index in [0.29, 0.717) is 30.2 Å². The van der Waals surface area contributed by atoms with Gasteiger partial charge in [-0.05, 0) is 17.9 Å². The van der Waals surface area contributed by atoms with Crippen LogP contribution in [0.25, 0.3) is 0 Å². The molecule has 130 valence electrons. The van der Waals surface area contributed by atoms with Crippen molar-refractivity contribution in [3.8, 4) is 0 Å². The number of amides is 2. The molecule has 0 atom stereocenters. The summed E-state index contributed by atoms with van der Waals surface area (Å²) >= 11 is 1.67. The Labute approximate surface area is 151 Å². The van der Waals surface area contributed by atoms with Crippen molar-refractivity contribution in [2.45, 2.75) is 6.54 Å². The summed E-state index contributed by atoms with van der Waals surface area (Å²) in [7, 11) is 0. The first-order valence-corrected chi connectivity index (χ1v) is 9.44.